The van der Waals surface area contributed by atoms with Gasteiger partial charge in [-0.05, 0) is 59.4 Å². The average Bonchev–Trinajstić information content (AvgIpc) is 3.35. The first-order valence-electron chi connectivity index (χ1n) is 11.9. The standard InChI is InChI=1S/C28H25Cl2F3N2O2/c29-20-12-18(13-21(30)14-20)16-35-27(37)24-6-3-5-23(24)26(36)34-15-17-8-10-19(11-9-17)22-4-1-2-7-25(22)28(31,32)33/h1-2,4,7-14,23-24H,3,5-6,15-16H2,(H,34,36)(H,35,37)/t23?,24-/m1/s1. The van der Waals surface area contributed by atoms with Crippen molar-refractivity contribution in [2.75, 3.05) is 0 Å². The van der Waals surface area contributed by atoms with Crippen molar-refractivity contribution in [2.24, 2.45) is 11.8 Å². The molecule has 0 saturated heterocycles. The van der Waals surface area contributed by atoms with Gasteiger partial charge in [-0.15, -0.1) is 0 Å². The van der Waals surface area contributed by atoms with E-state index in [1.807, 2.05) is 0 Å². The lowest BCUT2D eigenvalue weighted by Gasteiger charge is -2.19. The van der Waals surface area contributed by atoms with E-state index in [1.165, 1.54) is 12.1 Å². The molecule has 0 heterocycles. The highest BCUT2D eigenvalue weighted by Crippen LogP contribution is 2.37. The van der Waals surface area contributed by atoms with Gasteiger partial charge in [-0.2, -0.15) is 13.2 Å². The van der Waals surface area contributed by atoms with Crippen LogP contribution in [0.3, 0.4) is 0 Å². The van der Waals surface area contributed by atoms with E-state index in [0.29, 0.717) is 28.5 Å². The molecule has 0 radical (unpaired) electrons. The number of hydrogen-bond donors (Lipinski definition) is 2. The van der Waals surface area contributed by atoms with E-state index in [0.717, 1.165) is 23.6 Å². The summed E-state index contributed by atoms with van der Waals surface area (Å²) in [6, 6.07) is 17.1. The van der Waals surface area contributed by atoms with Gasteiger partial charge in [0.1, 0.15) is 0 Å². The Morgan fingerprint density at radius 1 is 0.784 bits per heavy atom. The zero-order chi connectivity index (χ0) is 26.6. The second kappa shape index (κ2) is 11.6. The molecule has 1 aliphatic carbocycles. The Balaban J connectivity index is 1.34. The molecule has 2 amide bonds. The molecule has 1 fully saturated rings. The van der Waals surface area contributed by atoms with Gasteiger partial charge < -0.3 is 10.6 Å². The van der Waals surface area contributed by atoms with E-state index in [-0.39, 0.29) is 30.5 Å². The SMILES string of the molecule is O=C(NCc1ccc(-c2ccccc2C(F)(F)F)cc1)C1CCC[C@H]1C(=O)NCc1cc(Cl)cc(Cl)c1. The summed E-state index contributed by atoms with van der Waals surface area (Å²) >= 11 is 12.0. The van der Waals surface area contributed by atoms with E-state index >= 15 is 0 Å². The van der Waals surface area contributed by atoms with Crippen LogP contribution in [0.2, 0.25) is 10.0 Å². The van der Waals surface area contributed by atoms with E-state index in [9.17, 15) is 22.8 Å². The van der Waals surface area contributed by atoms with Crippen LogP contribution in [0.5, 0.6) is 0 Å². The molecule has 1 unspecified atom stereocenters. The quantitative estimate of drug-likeness (QED) is 0.333. The van der Waals surface area contributed by atoms with Crippen LogP contribution in [-0.2, 0) is 28.9 Å². The lowest BCUT2D eigenvalue weighted by molar-refractivity contribution is -0.137. The van der Waals surface area contributed by atoms with E-state index in [4.69, 9.17) is 23.2 Å². The third kappa shape index (κ3) is 6.84. The number of amides is 2. The maximum Gasteiger partial charge on any atom is 0.417 e. The second-order valence-corrected chi connectivity index (χ2v) is 9.97. The Hall–Kier alpha value is -3.03. The molecule has 4 rings (SSSR count). The topological polar surface area (TPSA) is 58.2 Å². The summed E-state index contributed by atoms with van der Waals surface area (Å²) in [7, 11) is 0. The zero-order valence-electron chi connectivity index (χ0n) is 19.7. The summed E-state index contributed by atoms with van der Waals surface area (Å²) in [4.78, 5) is 25.7. The van der Waals surface area contributed by atoms with E-state index in [1.54, 1.807) is 48.5 Å². The highest BCUT2D eigenvalue weighted by atomic mass is 35.5. The fourth-order valence-electron chi connectivity index (χ4n) is 4.73. The lowest BCUT2D eigenvalue weighted by Crippen LogP contribution is -2.39. The molecule has 2 N–H and O–H groups in total. The Morgan fingerprint density at radius 3 is 1.89 bits per heavy atom. The van der Waals surface area contributed by atoms with Crippen LogP contribution in [0.4, 0.5) is 13.2 Å². The third-order valence-electron chi connectivity index (χ3n) is 6.54. The maximum absolute atomic E-state index is 13.3. The zero-order valence-corrected chi connectivity index (χ0v) is 21.3. The van der Waals surface area contributed by atoms with Gasteiger partial charge in [-0.25, -0.2) is 0 Å². The number of rotatable bonds is 7. The van der Waals surface area contributed by atoms with Crippen LogP contribution < -0.4 is 10.6 Å². The van der Waals surface area contributed by atoms with Gasteiger partial charge >= 0.3 is 6.18 Å². The average molecular weight is 549 g/mol. The molecule has 194 valence electrons. The summed E-state index contributed by atoms with van der Waals surface area (Å²) in [6.45, 7) is 0.472. The van der Waals surface area contributed by atoms with Crippen LogP contribution >= 0.6 is 23.2 Å². The molecule has 0 aliphatic heterocycles. The molecular weight excluding hydrogens is 524 g/mol. The maximum atomic E-state index is 13.3. The van der Waals surface area contributed by atoms with Crippen LogP contribution in [0.15, 0.2) is 66.7 Å². The number of alkyl halides is 3. The van der Waals surface area contributed by atoms with Crippen molar-refractivity contribution in [1.29, 1.82) is 0 Å². The largest absolute Gasteiger partial charge is 0.417 e. The molecule has 1 aliphatic rings. The Labute approximate surface area is 223 Å². The van der Waals surface area contributed by atoms with Crippen molar-refractivity contribution in [1.82, 2.24) is 10.6 Å². The Kier molecular flexibility index (Phi) is 8.45. The molecule has 1 saturated carbocycles. The first-order chi connectivity index (χ1) is 17.6. The van der Waals surface area contributed by atoms with Crippen LogP contribution in [-0.4, -0.2) is 11.8 Å². The molecule has 9 heteroatoms. The van der Waals surface area contributed by atoms with Crippen molar-refractivity contribution in [3.8, 4) is 11.1 Å². The van der Waals surface area contributed by atoms with Gasteiger partial charge in [0.05, 0.1) is 5.56 Å². The summed E-state index contributed by atoms with van der Waals surface area (Å²) in [5, 5.41) is 6.71. The molecule has 0 bridgehead atoms. The van der Waals surface area contributed by atoms with Gasteiger partial charge in [0.25, 0.3) is 0 Å². The summed E-state index contributed by atoms with van der Waals surface area (Å²) in [5.41, 5.74) is 1.37. The number of carbonyl (C=O) groups is 2. The van der Waals surface area contributed by atoms with Crippen LogP contribution in [0, 0.1) is 11.8 Å². The molecule has 0 spiro atoms. The smallest absolute Gasteiger partial charge is 0.352 e. The summed E-state index contributed by atoms with van der Waals surface area (Å²) < 4.78 is 40.0. The highest BCUT2D eigenvalue weighted by molar-refractivity contribution is 6.34. The Bertz CT molecular complexity index is 1260. The third-order valence-corrected chi connectivity index (χ3v) is 6.98. The molecule has 0 aromatic heterocycles. The monoisotopic (exact) mass is 548 g/mol. The van der Waals surface area contributed by atoms with E-state index < -0.39 is 23.6 Å². The minimum atomic E-state index is -4.45. The second-order valence-electron chi connectivity index (χ2n) is 9.10. The van der Waals surface area contributed by atoms with Crippen LogP contribution in [0.1, 0.15) is 36.0 Å². The molecule has 4 nitrogen and oxygen atoms in total. The van der Waals surface area contributed by atoms with Crippen LogP contribution in [0.25, 0.3) is 11.1 Å². The number of hydrogen-bond acceptors (Lipinski definition) is 2. The van der Waals surface area contributed by atoms with Crippen molar-refractivity contribution >= 4 is 35.0 Å². The summed E-state index contributed by atoms with van der Waals surface area (Å²) in [6.07, 6.45) is -2.45. The molecule has 2 atom stereocenters. The lowest BCUT2D eigenvalue weighted by atomic mass is 9.94. The van der Waals surface area contributed by atoms with Gasteiger partial charge in [0, 0.05) is 35.0 Å². The van der Waals surface area contributed by atoms with Crippen molar-refractivity contribution in [2.45, 2.75) is 38.5 Å². The van der Waals surface area contributed by atoms with Crippen molar-refractivity contribution in [3.05, 3.63) is 93.5 Å². The van der Waals surface area contributed by atoms with E-state index in [2.05, 4.69) is 10.6 Å². The number of halogens is 5. The molecule has 3 aromatic carbocycles. The van der Waals surface area contributed by atoms with Crippen molar-refractivity contribution < 1.29 is 22.8 Å². The normalized spacial score (nSPS) is 17.4. The van der Waals surface area contributed by atoms with Crippen molar-refractivity contribution in [3.63, 3.8) is 0 Å². The minimum absolute atomic E-state index is 0.102. The molecule has 3 aromatic rings. The fraction of sp³-hybridized carbons (Fsp3) is 0.286. The molecule has 37 heavy (non-hydrogen) atoms. The molecular formula is C28H25Cl2F3N2O2. The Morgan fingerprint density at radius 2 is 1.32 bits per heavy atom. The number of carbonyl (C=O) groups excluding carboxylic acids is 2. The summed E-state index contributed by atoms with van der Waals surface area (Å²) in [5.74, 6) is -1.28. The first kappa shape index (κ1) is 27.0. The van der Waals surface area contributed by atoms with Gasteiger partial charge in [0.15, 0.2) is 0 Å². The highest BCUT2D eigenvalue weighted by Gasteiger charge is 2.37. The van der Waals surface area contributed by atoms with Gasteiger partial charge in [-0.1, -0.05) is 72.1 Å². The first-order valence-corrected chi connectivity index (χ1v) is 12.6. The predicted molar refractivity (Wildman–Crippen MR) is 138 cm³/mol. The minimum Gasteiger partial charge on any atom is -0.352 e. The predicted octanol–water partition coefficient (Wildman–Crippen LogP) is 7.03. The number of benzene rings is 3. The van der Waals surface area contributed by atoms with Gasteiger partial charge in [-0.3, -0.25) is 9.59 Å². The number of nitrogens with one attached hydrogen (secondary N) is 2. The fourth-order valence-corrected chi connectivity index (χ4v) is 5.30. The van der Waals surface area contributed by atoms with Gasteiger partial charge in [0.2, 0.25) is 11.8 Å².